The standard InChI is InChI=1S/C18H22FN5O3S.C2HF3O2/c1-21-9-16(20-13-21)28(26,27)23-7-6-18(11-23)12-24(17(25)10-22(18)2)15-5-3-4-14(19)8-15;3-2(4,5)1(6)7/h3-5,8-9,13H,6-7,10-12H2,1-2H3;(H,6,7). The number of piperazine rings is 1. The molecule has 10 nitrogen and oxygen atoms in total. The van der Waals surface area contributed by atoms with Crippen LogP contribution in [0, 0.1) is 5.82 Å². The molecule has 0 bridgehead atoms. The number of rotatable bonds is 3. The predicted molar refractivity (Wildman–Crippen MR) is 114 cm³/mol. The highest BCUT2D eigenvalue weighted by Crippen LogP contribution is 2.35. The third-order valence-electron chi connectivity index (χ3n) is 5.88. The fraction of sp³-hybridized carbons (Fsp3) is 0.450. The van der Waals surface area contributed by atoms with Crippen LogP contribution in [0.4, 0.5) is 23.2 Å². The third kappa shape index (κ3) is 5.62. The summed E-state index contributed by atoms with van der Waals surface area (Å²) in [7, 11) is -0.160. The molecule has 1 aromatic heterocycles. The number of benzene rings is 1. The van der Waals surface area contributed by atoms with Crippen LogP contribution in [0.25, 0.3) is 0 Å². The molecule has 2 saturated heterocycles. The van der Waals surface area contributed by atoms with Gasteiger partial charge in [0.25, 0.3) is 10.0 Å². The molecule has 2 aliphatic rings. The van der Waals surface area contributed by atoms with Crippen molar-refractivity contribution in [3.05, 3.63) is 42.6 Å². The molecule has 0 aliphatic carbocycles. The second-order valence-electron chi connectivity index (χ2n) is 8.31. The number of carbonyl (C=O) groups is 2. The fourth-order valence-electron chi connectivity index (χ4n) is 3.96. The van der Waals surface area contributed by atoms with Crippen molar-refractivity contribution in [3.8, 4) is 0 Å². The Balaban J connectivity index is 0.000000429. The number of halogens is 4. The second kappa shape index (κ2) is 9.54. The number of carboxylic acids is 1. The summed E-state index contributed by atoms with van der Waals surface area (Å²) in [5.74, 6) is -3.30. The number of aromatic nitrogens is 2. The molecule has 3 heterocycles. The van der Waals surface area contributed by atoms with E-state index >= 15 is 0 Å². The number of imidazole rings is 1. The van der Waals surface area contributed by atoms with Crippen LogP contribution < -0.4 is 4.90 Å². The molecule has 2 fully saturated rings. The van der Waals surface area contributed by atoms with Gasteiger partial charge < -0.3 is 14.6 Å². The number of likely N-dealkylation sites (N-methyl/N-ethyl adjacent to an activating group) is 1. The topological polar surface area (TPSA) is 116 Å². The molecule has 192 valence electrons. The molecule has 0 saturated carbocycles. The third-order valence-corrected chi connectivity index (χ3v) is 7.61. The van der Waals surface area contributed by atoms with Crippen molar-refractivity contribution in [3.63, 3.8) is 0 Å². The maximum Gasteiger partial charge on any atom is 0.490 e. The summed E-state index contributed by atoms with van der Waals surface area (Å²) in [5, 5.41) is 7.14. The lowest BCUT2D eigenvalue weighted by molar-refractivity contribution is -0.192. The van der Waals surface area contributed by atoms with E-state index in [9.17, 15) is 30.8 Å². The molecule has 2 aliphatic heterocycles. The number of aliphatic carboxylic acids is 1. The Morgan fingerprint density at radius 3 is 2.40 bits per heavy atom. The van der Waals surface area contributed by atoms with Gasteiger partial charge in [-0.15, -0.1) is 0 Å². The maximum atomic E-state index is 13.7. The minimum Gasteiger partial charge on any atom is -0.475 e. The van der Waals surface area contributed by atoms with Gasteiger partial charge in [-0.2, -0.15) is 17.5 Å². The van der Waals surface area contributed by atoms with Crippen LogP contribution in [0.15, 0.2) is 41.8 Å². The predicted octanol–water partition coefficient (Wildman–Crippen LogP) is 1.30. The number of sulfonamides is 1. The summed E-state index contributed by atoms with van der Waals surface area (Å²) in [4.78, 5) is 28.9. The van der Waals surface area contributed by atoms with Gasteiger partial charge in [-0.3, -0.25) is 9.69 Å². The number of nitrogens with zero attached hydrogens (tertiary/aromatic N) is 5. The summed E-state index contributed by atoms with van der Waals surface area (Å²) >= 11 is 0. The van der Waals surface area contributed by atoms with Gasteiger partial charge in [0.05, 0.1) is 18.4 Å². The molecule has 1 aromatic carbocycles. The number of carbonyl (C=O) groups excluding carboxylic acids is 1. The zero-order chi connectivity index (χ0) is 26.2. The zero-order valence-corrected chi connectivity index (χ0v) is 19.6. The molecule has 1 amide bonds. The van der Waals surface area contributed by atoms with Gasteiger partial charge in [0.2, 0.25) is 5.91 Å². The normalized spacial score (nSPS) is 21.8. The molecule has 1 spiro atoms. The quantitative estimate of drug-likeness (QED) is 0.606. The average molecular weight is 521 g/mol. The Kier molecular flexibility index (Phi) is 7.24. The smallest absolute Gasteiger partial charge is 0.475 e. The van der Waals surface area contributed by atoms with Crippen LogP contribution in [-0.2, 0) is 26.7 Å². The first-order chi connectivity index (χ1) is 16.2. The number of aryl methyl sites for hydroxylation is 1. The molecule has 2 aromatic rings. The van der Waals surface area contributed by atoms with Crippen molar-refractivity contribution in [1.29, 1.82) is 0 Å². The van der Waals surface area contributed by atoms with Gasteiger partial charge in [-0.25, -0.2) is 22.6 Å². The first kappa shape index (κ1) is 26.6. The first-order valence-corrected chi connectivity index (χ1v) is 11.7. The van der Waals surface area contributed by atoms with Gasteiger partial charge >= 0.3 is 12.1 Å². The highest BCUT2D eigenvalue weighted by atomic mass is 32.2. The minimum absolute atomic E-state index is 0.0172. The Labute approximate surface area is 198 Å². The van der Waals surface area contributed by atoms with Crippen LogP contribution in [0.5, 0.6) is 0 Å². The van der Waals surface area contributed by atoms with E-state index in [1.54, 1.807) is 28.6 Å². The van der Waals surface area contributed by atoms with Crippen molar-refractivity contribution >= 4 is 27.6 Å². The van der Waals surface area contributed by atoms with E-state index in [0.717, 1.165) is 0 Å². The molecule has 1 atom stereocenters. The lowest BCUT2D eigenvalue weighted by Crippen LogP contribution is -2.64. The molecule has 4 rings (SSSR count). The summed E-state index contributed by atoms with van der Waals surface area (Å²) in [6.45, 7) is 1.05. The highest BCUT2D eigenvalue weighted by Gasteiger charge is 2.50. The average Bonchev–Trinajstić information content (AvgIpc) is 3.39. The minimum atomic E-state index is -5.08. The van der Waals surface area contributed by atoms with Crippen molar-refractivity contribution in [2.24, 2.45) is 7.05 Å². The summed E-state index contributed by atoms with van der Waals surface area (Å²) in [6, 6.07) is 5.91. The van der Waals surface area contributed by atoms with E-state index in [2.05, 4.69) is 4.98 Å². The number of amides is 1. The highest BCUT2D eigenvalue weighted by molar-refractivity contribution is 7.89. The largest absolute Gasteiger partial charge is 0.490 e. The van der Waals surface area contributed by atoms with E-state index in [1.165, 1.54) is 29.0 Å². The molecule has 1 unspecified atom stereocenters. The molecular weight excluding hydrogens is 498 g/mol. The molecule has 15 heteroatoms. The van der Waals surface area contributed by atoms with Crippen molar-refractivity contribution in [2.75, 3.05) is 38.1 Å². The van der Waals surface area contributed by atoms with E-state index in [1.807, 2.05) is 11.9 Å². The molecule has 35 heavy (non-hydrogen) atoms. The number of alkyl halides is 3. The Bertz CT molecular complexity index is 1220. The molecular formula is C20H23F4N5O5S. The molecule has 1 N–H and O–H groups in total. The Hall–Kier alpha value is -3.04. The van der Waals surface area contributed by atoms with Crippen LogP contribution in [0.3, 0.4) is 0 Å². The zero-order valence-electron chi connectivity index (χ0n) is 18.7. The summed E-state index contributed by atoms with van der Waals surface area (Å²) < 4.78 is 74.3. The maximum absolute atomic E-state index is 13.7. The van der Waals surface area contributed by atoms with Gasteiger partial charge in [0.1, 0.15) is 5.82 Å². The van der Waals surface area contributed by atoms with E-state index in [0.29, 0.717) is 25.2 Å². The van der Waals surface area contributed by atoms with Gasteiger partial charge in [0.15, 0.2) is 5.03 Å². The van der Waals surface area contributed by atoms with Crippen LogP contribution >= 0.6 is 0 Å². The van der Waals surface area contributed by atoms with Gasteiger partial charge in [-0.05, 0) is 31.7 Å². The summed E-state index contributed by atoms with van der Waals surface area (Å²) in [5.41, 5.74) is -0.0364. The molecule has 0 radical (unpaired) electrons. The lowest BCUT2D eigenvalue weighted by atomic mass is 9.92. The van der Waals surface area contributed by atoms with Gasteiger partial charge in [-0.1, -0.05) is 6.07 Å². The summed E-state index contributed by atoms with van der Waals surface area (Å²) in [6.07, 6.45) is -1.57. The van der Waals surface area contributed by atoms with Crippen LogP contribution in [0.1, 0.15) is 6.42 Å². The van der Waals surface area contributed by atoms with E-state index in [-0.39, 0.29) is 24.0 Å². The second-order valence-corrected chi connectivity index (χ2v) is 10.2. The monoisotopic (exact) mass is 521 g/mol. The van der Waals surface area contributed by atoms with Crippen molar-refractivity contribution < 1.29 is 40.7 Å². The number of carboxylic acid groups (broad SMARTS) is 1. The lowest BCUT2D eigenvalue weighted by Gasteiger charge is -2.46. The Morgan fingerprint density at radius 1 is 1.20 bits per heavy atom. The first-order valence-electron chi connectivity index (χ1n) is 10.2. The van der Waals surface area contributed by atoms with E-state index < -0.39 is 33.5 Å². The van der Waals surface area contributed by atoms with E-state index in [4.69, 9.17) is 9.90 Å². The van der Waals surface area contributed by atoms with Crippen LogP contribution in [0.2, 0.25) is 0 Å². The number of anilines is 1. The van der Waals surface area contributed by atoms with Crippen molar-refractivity contribution in [2.45, 2.75) is 23.2 Å². The number of hydrogen-bond donors (Lipinski definition) is 1. The van der Waals surface area contributed by atoms with Crippen LogP contribution in [-0.4, -0.2) is 89.1 Å². The number of hydrogen-bond acceptors (Lipinski definition) is 6. The fourth-order valence-corrected chi connectivity index (χ4v) is 5.44. The Morgan fingerprint density at radius 2 is 1.86 bits per heavy atom. The van der Waals surface area contributed by atoms with Gasteiger partial charge in [0, 0.05) is 38.6 Å². The SMILES string of the molecule is CN1CC(=O)N(c2cccc(F)c2)CC12CCN(S(=O)(=O)c1cn(C)cn1)C2.O=C(O)C(F)(F)F. The van der Waals surface area contributed by atoms with Crippen molar-refractivity contribution in [1.82, 2.24) is 18.8 Å².